The Balaban J connectivity index is 1.99. The Bertz CT molecular complexity index is 862. The van der Waals surface area contributed by atoms with Gasteiger partial charge >= 0.3 is 0 Å². The van der Waals surface area contributed by atoms with Crippen molar-refractivity contribution in [1.29, 1.82) is 0 Å². The van der Waals surface area contributed by atoms with Gasteiger partial charge in [0.15, 0.2) is 0 Å². The molecular weight excluding hydrogens is 381 g/mol. The van der Waals surface area contributed by atoms with Gasteiger partial charge in [-0.2, -0.15) is 0 Å². The molecule has 150 valence electrons. The number of carbonyl (C=O) groups is 3. The normalized spacial score (nSPS) is 11.8. The molecule has 3 amide bonds. The molecule has 0 aliphatic heterocycles. The van der Waals surface area contributed by atoms with E-state index in [-0.39, 0.29) is 11.5 Å². The first-order valence-corrected chi connectivity index (χ1v) is 9.80. The largest absolute Gasteiger partial charge is 0.340 e. The van der Waals surface area contributed by atoms with Gasteiger partial charge in [0, 0.05) is 10.4 Å². The van der Waals surface area contributed by atoms with Crippen LogP contribution >= 0.6 is 11.3 Å². The van der Waals surface area contributed by atoms with Gasteiger partial charge in [-0.1, -0.05) is 20.8 Å². The molecule has 0 spiro atoms. The Labute approximate surface area is 167 Å². The number of amides is 3. The third kappa shape index (κ3) is 5.39. The van der Waals surface area contributed by atoms with Crippen molar-refractivity contribution in [2.45, 2.75) is 40.2 Å². The summed E-state index contributed by atoms with van der Waals surface area (Å²) in [6.07, 6.45) is 0.834. The van der Waals surface area contributed by atoms with E-state index in [1.807, 2.05) is 13.8 Å². The fraction of sp³-hybridized carbons (Fsp3) is 0.350. The van der Waals surface area contributed by atoms with Crippen LogP contribution in [0, 0.1) is 18.7 Å². The first-order chi connectivity index (χ1) is 13.2. The van der Waals surface area contributed by atoms with Crippen LogP contribution in [0.3, 0.4) is 0 Å². The topological polar surface area (TPSA) is 87.3 Å². The number of hydrogen-bond donors (Lipinski definition) is 3. The summed E-state index contributed by atoms with van der Waals surface area (Å²) in [5.74, 6) is -2.12. The van der Waals surface area contributed by atoms with Gasteiger partial charge in [0.1, 0.15) is 11.9 Å². The minimum atomic E-state index is -0.867. The molecule has 0 bridgehead atoms. The second-order valence-electron chi connectivity index (χ2n) is 6.72. The fourth-order valence-corrected chi connectivity index (χ4v) is 3.61. The van der Waals surface area contributed by atoms with Crippen LogP contribution in [0.15, 0.2) is 30.3 Å². The molecule has 0 aliphatic carbocycles. The molecule has 8 heteroatoms. The van der Waals surface area contributed by atoms with E-state index in [0.717, 1.165) is 16.9 Å². The number of hydrogen-bond acceptors (Lipinski definition) is 4. The maximum absolute atomic E-state index is 13.0. The van der Waals surface area contributed by atoms with Crippen LogP contribution in [-0.2, 0) is 11.2 Å². The van der Waals surface area contributed by atoms with Gasteiger partial charge < -0.3 is 5.32 Å². The highest BCUT2D eigenvalue weighted by Crippen LogP contribution is 2.22. The molecule has 0 saturated heterocycles. The zero-order valence-electron chi connectivity index (χ0n) is 16.3. The molecule has 0 radical (unpaired) electrons. The molecule has 3 N–H and O–H groups in total. The Morgan fingerprint density at radius 3 is 2.25 bits per heavy atom. The van der Waals surface area contributed by atoms with Gasteiger partial charge in [0.2, 0.25) is 0 Å². The maximum atomic E-state index is 13.0. The predicted octanol–water partition coefficient (Wildman–Crippen LogP) is 2.97. The predicted molar refractivity (Wildman–Crippen MR) is 107 cm³/mol. The van der Waals surface area contributed by atoms with Crippen molar-refractivity contribution < 1.29 is 18.8 Å². The monoisotopic (exact) mass is 405 g/mol. The Morgan fingerprint density at radius 2 is 1.71 bits per heavy atom. The van der Waals surface area contributed by atoms with Crippen molar-refractivity contribution >= 4 is 29.1 Å². The van der Waals surface area contributed by atoms with Crippen molar-refractivity contribution in [3.05, 3.63) is 57.0 Å². The van der Waals surface area contributed by atoms with Gasteiger partial charge in [-0.15, -0.1) is 11.3 Å². The molecule has 0 unspecified atom stereocenters. The molecule has 0 fully saturated rings. The lowest BCUT2D eigenvalue weighted by Crippen LogP contribution is -2.54. The number of thiophene rings is 1. The SMILES string of the molecule is CCc1sc(C(=O)NNC(=O)[C@@H](NC(=O)c2ccc(F)cc2)C(C)C)cc1C. The smallest absolute Gasteiger partial charge is 0.279 e. The van der Waals surface area contributed by atoms with E-state index >= 15 is 0 Å². The average molecular weight is 405 g/mol. The number of halogens is 1. The van der Waals surface area contributed by atoms with Crippen molar-refractivity contribution in [2.75, 3.05) is 0 Å². The highest BCUT2D eigenvalue weighted by molar-refractivity contribution is 7.14. The molecule has 28 heavy (non-hydrogen) atoms. The molecule has 1 aromatic carbocycles. The third-order valence-electron chi connectivity index (χ3n) is 4.21. The molecular formula is C20H24FN3O3S. The van der Waals surface area contributed by atoms with Crippen LogP contribution in [0.5, 0.6) is 0 Å². The second kappa shape index (κ2) is 9.45. The summed E-state index contributed by atoms with van der Waals surface area (Å²) in [7, 11) is 0. The molecule has 1 atom stereocenters. The molecule has 1 heterocycles. The third-order valence-corrected chi connectivity index (χ3v) is 5.59. The van der Waals surface area contributed by atoms with Crippen molar-refractivity contribution in [3.63, 3.8) is 0 Å². The minimum Gasteiger partial charge on any atom is -0.340 e. The summed E-state index contributed by atoms with van der Waals surface area (Å²) >= 11 is 1.38. The molecule has 0 saturated carbocycles. The fourth-order valence-electron chi connectivity index (χ4n) is 2.60. The summed E-state index contributed by atoms with van der Waals surface area (Å²) < 4.78 is 13.0. The number of rotatable bonds is 6. The van der Waals surface area contributed by atoms with E-state index in [1.54, 1.807) is 19.9 Å². The lowest BCUT2D eigenvalue weighted by atomic mass is 10.0. The molecule has 1 aromatic heterocycles. The average Bonchev–Trinajstić information content (AvgIpc) is 3.04. The quantitative estimate of drug-likeness (QED) is 0.646. The van der Waals surface area contributed by atoms with Gasteiger partial charge in [0.25, 0.3) is 17.7 Å². The second-order valence-corrected chi connectivity index (χ2v) is 7.85. The van der Waals surface area contributed by atoms with E-state index in [4.69, 9.17) is 0 Å². The molecule has 0 aliphatic rings. The van der Waals surface area contributed by atoms with Crippen LogP contribution in [0.25, 0.3) is 0 Å². The van der Waals surface area contributed by atoms with Gasteiger partial charge in [-0.25, -0.2) is 4.39 Å². The van der Waals surface area contributed by atoms with Crippen molar-refractivity contribution in [3.8, 4) is 0 Å². The van der Waals surface area contributed by atoms with Crippen molar-refractivity contribution in [1.82, 2.24) is 16.2 Å². The number of hydrazine groups is 1. The highest BCUT2D eigenvalue weighted by Gasteiger charge is 2.25. The van der Waals surface area contributed by atoms with Crippen LogP contribution < -0.4 is 16.2 Å². The summed E-state index contributed by atoms with van der Waals surface area (Å²) in [6.45, 7) is 7.49. The van der Waals surface area contributed by atoms with E-state index in [2.05, 4.69) is 16.2 Å². The zero-order valence-corrected chi connectivity index (χ0v) is 17.1. The van der Waals surface area contributed by atoms with Crippen LogP contribution in [0.4, 0.5) is 4.39 Å². The molecule has 2 aromatic rings. The zero-order chi connectivity index (χ0) is 20.8. The number of benzene rings is 1. The maximum Gasteiger partial charge on any atom is 0.279 e. The van der Waals surface area contributed by atoms with E-state index in [9.17, 15) is 18.8 Å². The summed E-state index contributed by atoms with van der Waals surface area (Å²) in [6, 6.07) is 5.94. The Hall–Kier alpha value is -2.74. The number of carbonyl (C=O) groups excluding carboxylic acids is 3. The highest BCUT2D eigenvalue weighted by atomic mass is 32.1. The minimum absolute atomic E-state index is 0.225. The lowest BCUT2D eigenvalue weighted by Gasteiger charge is -2.21. The first-order valence-electron chi connectivity index (χ1n) is 8.98. The van der Waals surface area contributed by atoms with E-state index in [0.29, 0.717) is 4.88 Å². The number of aryl methyl sites for hydroxylation is 2. The van der Waals surface area contributed by atoms with Crippen LogP contribution in [-0.4, -0.2) is 23.8 Å². The summed E-state index contributed by atoms with van der Waals surface area (Å²) in [5, 5.41) is 2.62. The van der Waals surface area contributed by atoms with Gasteiger partial charge in [-0.05, 0) is 55.2 Å². The standard InChI is InChI=1S/C20H24FN3O3S/c1-5-15-12(4)10-16(28-15)19(26)23-24-20(27)17(11(2)3)22-18(25)13-6-8-14(21)9-7-13/h6-11,17H,5H2,1-4H3,(H,22,25)(H,23,26)(H,24,27)/t17-/m0/s1. The van der Waals surface area contributed by atoms with Gasteiger partial charge in [-0.3, -0.25) is 25.2 Å². The van der Waals surface area contributed by atoms with Gasteiger partial charge in [0.05, 0.1) is 4.88 Å². The summed E-state index contributed by atoms with van der Waals surface area (Å²) in [5.41, 5.74) is 6.04. The Morgan fingerprint density at radius 1 is 1.07 bits per heavy atom. The molecule has 6 nitrogen and oxygen atoms in total. The van der Waals surface area contributed by atoms with Crippen LogP contribution in [0.2, 0.25) is 0 Å². The number of nitrogens with one attached hydrogen (secondary N) is 3. The first kappa shape index (κ1) is 21.6. The molecule has 2 rings (SSSR count). The van der Waals surface area contributed by atoms with E-state index in [1.165, 1.54) is 35.6 Å². The lowest BCUT2D eigenvalue weighted by molar-refractivity contribution is -0.124. The van der Waals surface area contributed by atoms with Crippen LogP contribution in [0.1, 0.15) is 51.2 Å². The Kier molecular flexibility index (Phi) is 7.28. The summed E-state index contributed by atoms with van der Waals surface area (Å²) in [4.78, 5) is 38.7. The van der Waals surface area contributed by atoms with E-state index < -0.39 is 29.6 Å². The van der Waals surface area contributed by atoms with Crippen molar-refractivity contribution in [2.24, 2.45) is 5.92 Å².